The predicted molar refractivity (Wildman–Crippen MR) is 62.1 cm³/mol. The highest BCUT2D eigenvalue weighted by molar-refractivity contribution is 5.51. The third-order valence-corrected chi connectivity index (χ3v) is 2.73. The van der Waals surface area contributed by atoms with Crippen molar-refractivity contribution in [3.05, 3.63) is 28.8 Å². The van der Waals surface area contributed by atoms with Gasteiger partial charge in [-0.05, 0) is 42.5 Å². The van der Waals surface area contributed by atoms with E-state index < -0.39 is 0 Å². The zero-order valence-corrected chi connectivity index (χ0v) is 9.46. The van der Waals surface area contributed by atoms with Gasteiger partial charge in [-0.2, -0.15) is 0 Å². The van der Waals surface area contributed by atoms with Crippen LogP contribution in [0.3, 0.4) is 0 Å². The number of rotatable bonds is 2. The van der Waals surface area contributed by atoms with Gasteiger partial charge >= 0.3 is 0 Å². The summed E-state index contributed by atoms with van der Waals surface area (Å²) in [6, 6.07) is 4.22. The molecule has 0 aromatic heterocycles. The highest BCUT2D eigenvalue weighted by atomic mass is 14.6. The van der Waals surface area contributed by atoms with Crippen LogP contribution < -0.4 is 11.5 Å². The second-order valence-electron chi connectivity index (χ2n) is 4.34. The SMILES string of the molecule is Cc1cc(C(N)C(C)C)c(C)cc1N. The van der Waals surface area contributed by atoms with Crippen LogP contribution in [0.2, 0.25) is 0 Å². The Hall–Kier alpha value is -1.02. The third kappa shape index (κ3) is 2.07. The van der Waals surface area contributed by atoms with E-state index in [1.807, 2.05) is 13.0 Å². The van der Waals surface area contributed by atoms with Crippen molar-refractivity contribution in [2.24, 2.45) is 11.7 Å². The minimum Gasteiger partial charge on any atom is -0.399 e. The molecule has 1 unspecified atom stereocenters. The molecule has 0 aliphatic heterocycles. The van der Waals surface area contributed by atoms with Crippen molar-refractivity contribution < 1.29 is 0 Å². The Morgan fingerprint density at radius 2 is 1.64 bits per heavy atom. The van der Waals surface area contributed by atoms with Crippen LogP contribution in [0, 0.1) is 19.8 Å². The van der Waals surface area contributed by atoms with E-state index in [1.165, 1.54) is 11.1 Å². The summed E-state index contributed by atoms with van der Waals surface area (Å²) in [5.41, 5.74) is 16.3. The fraction of sp³-hybridized carbons (Fsp3) is 0.500. The van der Waals surface area contributed by atoms with Crippen LogP contribution in [-0.4, -0.2) is 0 Å². The molecule has 1 aromatic rings. The molecule has 1 rings (SSSR count). The third-order valence-electron chi connectivity index (χ3n) is 2.73. The Morgan fingerprint density at radius 3 is 2.14 bits per heavy atom. The molecule has 0 heterocycles. The van der Waals surface area contributed by atoms with Crippen molar-refractivity contribution >= 4 is 5.69 Å². The second-order valence-corrected chi connectivity index (χ2v) is 4.34. The normalized spacial score (nSPS) is 13.3. The van der Waals surface area contributed by atoms with Crippen molar-refractivity contribution in [2.75, 3.05) is 5.73 Å². The van der Waals surface area contributed by atoms with E-state index >= 15 is 0 Å². The fourth-order valence-electron chi connectivity index (χ4n) is 1.58. The first-order valence-corrected chi connectivity index (χ1v) is 5.05. The van der Waals surface area contributed by atoms with Gasteiger partial charge in [0.25, 0.3) is 0 Å². The molecule has 4 N–H and O–H groups in total. The Morgan fingerprint density at radius 1 is 1.07 bits per heavy atom. The van der Waals surface area contributed by atoms with Crippen LogP contribution >= 0.6 is 0 Å². The van der Waals surface area contributed by atoms with Gasteiger partial charge in [0.15, 0.2) is 0 Å². The molecule has 78 valence electrons. The number of hydrogen-bond donors (Lipinski definition) is 2. The van der Waals surface area contributed by atoms with Crippen molar-refractivity contribution in [1.29, 1.82) is 0 Å². The quantitative estimate of drug-likeness (QED) is 0.707. The minimum atomic E-state index is 0.106. The highest BCUT2D eigenvalue weighted by Gasteiger charge is 2.13. The molecule has 1 aromatic carbocycles. The number of nitrogen functional groups attached to an aromatic ring is 1. The second kappa shape index (κ2) is 4.01. The molecule has 0 bridgehead atoms. The molecule has 0 saturated carbocycles. The summed E-state index contributed by atoms with van der Waals surface area (Å²) in [4.78, 5) is 0. The summed E-state index contributed by atoms with van der Waals surface area (Å²) in [5.74, 6) is 0.455. The van der Waals surface area contributed by atoms with Crippen LogP contribution in [0.15, 0.2) is 12.1 Å². The van der Waals surface area contributed by atoms with E-state index in [1.54, 1.807) is 0 Å². The van der Waals surface area contributed by atoms with Gasteiger partial charge in [0.05, 0.1) is 0 Å². The van der Waals surface area contributed by atoms with Crippen molar-refractivity contribution in [1.82, 2.24) is 0 Å². The summed E-state index contributed by atoms with van der Waals surface area (Å²) in [5, 5.41) is 0. The number of nitrogens with two attached hydrogens (primary N) is 2. The van der Waals surface area contributed by atoms with E-state index in [-0.39, 0.29) is 6.04 Å². The van der Waals surface area contributed by atoms with Crippen LogP contribution in [0.5, 0.6) is 0 Å². The Balaban J connectivity index is 3.15. The monoisotopic (exact) mass is 192 g/mol. The number of hydrogen-bond acceptors (Lipinski definition) is 2. The Bertz CT molecular complexity index is 329. The number of benzene rings is 1. The molecular formula is C12H20N2. The highest BCUT2D eigenvalue weighted by Crippen LogP contribution is 2.26. The van der Waals surface area contributed by atoms with E-state index in [4.69, 9.17) is 11.5 Å². The standard InChI is InChI=1S/C12H20N2/c1-7(2)12(14)10-5-9(4)11(13)6-8(10)3/h5-7,12H,13-14H2,1-4H3. The van der Waals surface area contributed by atoms with Crippen LogP contribution in [0.1, 0.15) is 36.6 Å². The summed E-state index contributed by atoms with van der Waals surface area (Å²) in [6.45, 7) is 8.35. The lowest BCUT2D eigenvalue weighted by molar-refractivity contribution is 0.512. The maximum atomic E-state index is 6.12. The van der Waals surface area contributed by atoms with Crippen molar-refractivity contribution in [3.63, 3.8) is 0 Å². The lowest BCUT2D eigenvalue weighted by Crippen LogP contribution is -2.18. The first-order valence-electron chi connectivity index (χ1n) is 5.05. The number of anilines is 1. The average Bonchev–Trinajstić information content (AvgIpc) is 2.10. The molecule has 0 fully saturated rings. The molecule has 2 heteroatoms. The molecular weight excluding hydrogens is 172 g/mol. The summed E-state index contributed by atoms with van der Waals surface area (Å²) in [7, 11) is 0. The zero-order chi connectivity index (χ0) is 10.9. The molecule has 0 aliphatic carbocycles. The van der Waals surface area contributed by atoms with Gasteiger partial charge in [0.1, 0.15) is 0 Å². The average molecular weight is 192 g/mol. The molecule has 0 saturated heterocycles. The van der Waals surface area contributed by atoms with Gasteiger partial charge in [-0.25, -0.2) is 0 Å². The molecule has 0 amide bonds. The van der Waals surface area contributed by atoms with Gasteiger partial charge < -0.3 is 11.5 Å². The smallest absolute Gasteiger partial charge is 0.0346 e. The fourth-order valence-corrected chi connectivity index (χ4v) is 1.58. The van der Waals surface area contributed by atoms with E-state index in [9.17, 15) is 0 Å². The predicted octanol–water partition coefficient (Wildman–Crippen LogP) is 2.54. The van der Waals surface area contributed by atoms with Crippen molar-refractivity contribution in [3.8, 4) is 0 Å². The molecule has 14 heavy (non-hydrogen) atoms. The number of aryl methyl sites for hydroxylation is 2. The van der Waals surface area contributed by atoms with Crippen LogP contribution in [0.25, 0.3) is 0 Å². The molecule has 0 aliphatic rings. The van der Waals surface area contributed by atoms with Crippen LogP contribution in [-0.2, 0) is 0 Å². The largest absolute Gasteiger partial charge is 0.399 e. The summed E-state index contributed by atoms with van der Waals surface area (Å²) in [6.07, 6.45) is 0. The first-order chi connectivity index (χ1) is 6.43. The van der Waals surface area contributed by atoms with E-state index in [0.29, 0.717) is 5.92 Å². The first kappa shape index (κ1) is 11.1. The lowest BCUT2D eigenvalue weighted by Gasteiger charge is -2.19. The molecule has 1 atom stereocenters. The Kier molecular flexibility index (Phi) is 3.17. The van der Waals surface area contributed by atoms with E-state index in [2.05, 4.69) is 26.8 Å². The topological polar surface area (TPSA) is 52.0 Å². The molecule has 0 spiro atoms. The molecule has 0 radical (unpaired) electrons. The van der Waals surface area contributed by atoms with Gasteiger partial charge in [-0.1, -0.05) is 19.9 Å². The van der Waals surface area contributed by atoms with Gasteiger partial charge in [-0.15, -0.1) is 0 Å². The summed E-state index contributed by atoms with van der Waals surface area (Å²) < 4.78 is 0. The van der Waals surface area contributed by atoms with Gasteiger partial charge in [-0.3, -0.25) is 0 Å². The maximum absolute atomic E-state index is 6.12. The van der Waals surface area contributed by atoms with E-state index in [0.717, 1.165) is 11.3 Å². The Labute approximate surface area is 86.3 Å². The zero-order valence-electron chi connectivity index (χ0n) is 9.46. The van der Waals surface area contributed by atoms with Gasteiger partial charge in [0.2, 0.25) is 0 Å². The summed E-state index contributed by atoms with van der Waals surface area (Å²) >= 11 is 0. The van der Waals surface area contributed by atoms with Crippen LogP contribution in [0.4, 0.5) is 5.69 Å². The van der Waals surface area contributed by atoms with Crippen molar-refractivity contribution in [2.45, 2.75) is 33.7 Å². The molecule has 2 nitrogen and oxygen atoms in total. The lowest BCUT2D eigenvalue weighted by atomic mass is 9.92. The maximum Gasteiger partial charge on any atom is 0.0346 e. The minimum absolute atomic E-state index is 0.106. The van der Waals surface area contributed by atoms with Gasteiger partial charge in [0, 0.05) is 11.7 Å².